The van der Waals surface area contributed by atoms with Crippen LogP contribution in [-0.4, -0.2) is 54.7 Å². The number of hydrogen-bond acceptors (Lipinski definition) is 3. The topological polar surface area (TPSA) is 26.7 Å². The average Bonchev–Trinajstić information content (AvgIpc) is 2.46. The Labute approximate surface area is 121 Å². The largest absolute Gasteiger partial charge is 0.388 e. The number of aliphatic hydroxyl groups is 1. The molecule has 1 fully saturated rings. The van der Waals surface area contributed by atoms with Crippen LogP contribution in [0, 0.1) is 5.82 Å². The summed E-state index contributed by atoms with van der Waals surface area (Å²) in [5, 5.41) is 10.1. The summed E-state index contributed by atoms with van der Waals surface area (Å²) in [6, 6.07) is 6.75. The second-order valence-corrected chi connectivity index (χ2v) is 5.87. The number of likely N-dealkylation sites (tertiary alicyclic amines) is 1. The predicted octanol–water partition coefficient (Wildman–Crippen LogP) is 2.28. The van der Waals surface area contributed by atoms with Crippen molar-refractivity contribution in [2.45, 2.75) is 31.4 Å². The number of benzene rings is 1. The normalized spacial score (nSPS) is 19.4. The van der Waals surface area contributed by atoms with E-state index in [4.69, 9.17) is 0 Å². The van der Waals surface area contributed by atoms with E-state index in [2.05, 4.69) is 23.9 Å². The van der Waals surface area contributed by atoms with Crippen LogP contribution in [-0.2, 0) is 0 Å². The summed E-state index contributed by atoms with van der Waals surface area (Å²) in [6.45, 7) is 3.16. The van der Waals surface area contributed by atoms with E-state index in [9.17, 15) is 9.50 Å². The molecular weight excluding hydrogens is 255 g/mol. The first-order valence-electron chi connectivity index (χ1n) is 7.38. The zero-order chi connectivity index (χ0) is 14.5. The van der Waals surface area contributed by atoms with Crippen LogP contribution in [0.15, 0.2) is 24.3 Å². The van der Waals surface area contributed by atoms with Gasteiger partial charge in [0, 0.05) is 12.6 Å². The van der Waals surface area contributed by atoms with E-state index < -0.39 is 6.10 Å². The first-order valence-corrected chi connectivity index (χ1v) is 7.38. The van der Waals surface area contributed by atoms with E-state index >= 15 is 0 Å². The van der Waals surface area contributed by atoms with E-state index in [0.717, 1.165) is 25.2 Å². The summed E-state index contributed by atoms with van der Waals surface area (Å²) >= 11 is 0. The standard InChI is InChI=1S/C16H25FN2O/c1-18-10-7-15(8-11-18)19(2)12-9-16(20)13-3-5-14(17)6-4-13/h3-6,15-16,20H,7-12H2,1-2H3. The van der Waals surface area contributed by atoms with Gasteiger partial charge in [0.05, 0.1) is 6.10 Å². The molecule has 0 radical (unpaired) electrons. The molecule has 1 saturated heterocycles. The maximum Gasteiger partial charge on any atom is 0.123 e. The number of hydrogen-bond donors (Lipinski definition) is 1. The molecule has 1 N–H and O–H groups in total. The summed E-state index contributed by atoms with van der Waals surface area (Å²) in [6.07, 6.45) is 2.57. The minimum atomic E-state index is -0.510. The zero-order valence-electron chi connectivity index (χ0n) is 12.4. The first kappa shape index (κ1) is 15.4. The number of nitrogens with zero attached hydrogens (tertiary/aromatic N) is 2. The van der Waals surface area contributed by atoms with Crippen LogP contribution in [0.25, 0.3) is 0 Å². The van der Waals surface area contributed by atoms with Gasteiger partial charge in [0.2, 0.25) is 0 Å². The van der Waals surface area contributed by atoms with Gasteiger partial charge in [0.1, 0.15) is 5.82 Å². The number of rotatable bonds is 5. The summed E-state index contributed by atoms with van der Waals surface area (Å²) in [7, 11) is 4.29. The van der Waals surface area contributed by atoms with Gasteiger partial charge >= 0.3 is 0 Å². The number of piperidine rings is 1. The third kappa shape index (κ3) is 4.27. The maximum absolute atomic E-state index is 12.8. The average molecular weight is 280 g/mol. The number of halogens is 1. The summed E-state index contributed by atoms with van der Waals surface area (Å²) in [5.41, 5.74) is 0.795. The molecule has 0 spiro atoms. The summed E-state index contributed by atoms with van der Waals surface area (Å²) < 4.78 is 12.8. The molecule has 20 heavy (non-hydrogen) atoms. The van der Waals surface area contributed by atoms with Gasteiger partial charge in [-0.1, -0.05) is 12.1 Å². The Bertz CT molecular complexity index is 401. The first-order chi connectivity index (χ1) is 9.56. The lowest BCUT2D eigenvalue weighted by Gasteiger charge is -2.35. The molecule has 1 heterocycles. The molecule has 112 valence electrons. The van der Waals surface area contributed by atoms with Crippen molar-refractivity contribution in [2.24, 2.45) is 0 Å². The molecule has 3 nitrogen and oxygen atoms in total. The molecule has 1 aromatic carbocycles. The third-order valence-corrected chi connectivity index (χ3v) is 4.32. The third-order valence-electron chi connectivity index (χ3n) is 4.32. The molecule has 0 bridgehead atoms. The van der Waals surface area contributed by atoms with Crippen LogP contribution in [0.2, 0.25) is 0 Å². The summed E-state index contributed by atoms with van der Waals surface area (Å²) in [5.74, 6) is -0.260. The Hall–Kier alpha value is -0.970. The molecule has 2 rings (SSSR count). The second-order valence-electron chi connectivity index (χ2n) is 5.87. The van der Waals surface area contributed by atoms with Gasteiger partial charge in [-0.05, 0) is 64.1 Å². The van der Waals surface area contributed by atoms with Gasteiger partial charge in [0.25, 0.3) is 0 Å². The molecule has 0 aromatic heterocycles. The predicted molar refractivity (Wildman–Crippen MR) is 79.1 cm³/mol. The number of aliphatic hydroxyl groups excluding tert-OH is 1. The fourth-order valence-electron chi connectivity index (χ4n) is 2.80. The molecule has 1 unspecified atom stereocenters. The maximum atomic E-state index is 12.8. The molecule has 1 atom stereocenters. The molecule has 1 aliphatic rings. The van der Waals surface area contributed by atoms with Gasteiger partial charge in [-0.3, -0.25) is 0 Å². The molecule has 4 heteroatoms. The van der Waals surface area contributed by atoms with Crippen LogP contribution in [0.4, 0.5) is 4.39 Å². The molecule has 1 aliphatic heterocycles. The zero-order valence-corrected chi connectivity index (χ0v) is 12.4. The van der Waals surface area contributed by atoms with Crippen LogP contribution >= 0.6 is 0 Å². The van der Waals surface area contributed by atoms with Gasteiger partial charge < -0.3 is 14.9 Å². The lowest BCUT2D eigenvalue weighted by Crippen LogP contribution is -2.42. The van der Waals surface area contributed by atoms with Gasteiger partial charge in [-0.2, -0.15) is 0 Å². The van der Waals surface area contributed by atoms with Gasteiger partial charge in [-0.15, -0.1) is 0 Å². The smallest absolute Gasteiger partial charge is 0.123 e. The fourth-order valence-corrected chi connectivity index (χ4v) is 2.80. The highest BCUT2D eigenvalue weighted by molar-refractivity contribution is 5.18. The molecule has 0 aliphatic carbocycles. The van der Waals surface area contributed by atoms with Crippen molar-refractivity contribution in [1.82, 2.24) is 9.80 Å². The monoisotopic (exact) mass is 280 g/mol. The Morgan fingerprint density at radius 1 is 1.30 bits per heavy atom. The fraction of sp³-hybridized carbons (Fsp3) is 0.625. The van der Waals surface area contributed by atoms with Crippen molar-refractivity contribution in [1.29, 1.82) is 0 Å². The Morgan fingerprint density at radius 2 is 1.90 bits per heavy atom. The van der Waals surface area contributed by atoms with Gasteiger partial charge in [0.15, 0.2) is 0 Å². The van der Waals surface area contributed by atoms with Gasteiger partial charge in [-0.25, -0.2) is 4.39 Å². The van der Waals surface area contributed by atoms with E-state index in [-0.39, 0.29) is 5.82 Å². The van der Waals surface area contributed by atoms with Crippen molar-refractivity contribution in [3.8, 4) is 0 Å². The molecule has 1 aromatic rings. The Balaban J connectivity index is 1.77. The lowest BCUT2D eigenvalue weighted by atomic mass is 10.0. The molecule has 0 amide bonds. The quantitative estimate of drug-likeness (QED) is 0.896. The van der Waals surface area contributed by atoms with E-state index in [1.165, 1.54) is 25.0 Å². The van der Waals surface area contributed by atoms with Crippen LogP contribution in [0.1, 0.15) is 30.9 Å². The van der Waals surface area contributed by atoms with Crippen molar-refractivity contribution in [3.05, 3.63) is 35.6 Å². The van der Waals surface area contributed by atoms with Crippen molar-refractivity contribution < 1.29 is 9.50 Å². The van der Waals surface area contributed by atoms with Crippen LogP contribution in [0.3, 0.4) is 0 Å². The molecular formula is C16H25FN2O. The van der Waals surface area contributed by atoms with Crippen LogP contribution in [0.5, 0.6) is 0 Å². The van der Waals surface area contributed by atoms with Crippen molar-refractivity contribution >= 4 is 0 Å². The molecule has 0 saturated carbocycles. The Morgan fingerprint density at radius 3 is 2.50 bits per heavy atom. The highest BCUT2D eigenvalue weighted by Crippen LogP contribution is 2.19. The lowest BCUT2D eigenvalue weighted by molar-refractivity contribution is 0.110. The van der Waals surface area contributed by atoms with Crippen LogP contribution < -0.4 is 0 Å². The van der Waals surface area contributed by atoms with E-state index in [1.807, 2.05) is 0 Å². The van der Waals surface area contributed by atoms with E-state index in [0.29, 0.717) is 12.5 Å². The summed E-state index contributed by atoms with van der Waals surface area (Å²) in [4.78, 5) is 4.71. The van der Waals surface area contributed by atoms with Crippen molar-refractivity contribution in [2.75, 3.05) is 33.7 Å². The highest BCUT2D eigenvalue weighted by Gasteiger charge is 2.21. The second kappa shape index (κ2) is 7.16. The minimum absolute atomic E-state index is 0.260. The minimum Gasteiger partial charge on any atom is -0.388 e. The highest BCUT2D eigenvalue weighted by atomic mass is 19.1. The van der Waals surface area contributed by atoms with Crippen molar-refractivity contribution in [3.63, 3.8) is 0 Å². The SMILES string of the molecule is CN1CCC(N(C)CCC(O)c2ccc(F)cc2)CC1. The Kier molecular flexibility index (Phi) is 5.52. The van der Waals surface area contributed by atoms with E-state index in [1.54, 1.807) is 12.1 Å².